The molecular weight excluding hydrogens is 326 g/mol. The molecule has 2 aromatic carbocycles. The third-order valence-electron chi connectivity index (χ3n) is 3.56. The number of rotatable bonds is 9. The van der Waals surface area contributed by atoms with E-state index < -0.39 is 11.6 Å². The molecule has 0 fully saturated rings. The van der Waals surface area contributed by atoms with Gasteiger partial charge in [-0.2, -0.15) is 0 Å². The van der Waals surface area contributed by atoms with Crippen LogP contribution in [-0.2, 0) is 11.3 Å². The monoisotopic (exact) mass is 348 g/mol. The number of carbonyl (C=O) groups is 1. The van der Waals surface area contributed by atoms with E-state index in [2.05, 4.69) is 10.6 Å². The standard InChI is InChI=1S/C19H22F2N2O2/c1-2-22-13-14-6-3-4-7-17(14)23-19(24)8-5-11-25-18-10-9-15(20)12-16(18)21/h3-4,6-7,9-10,12,22H,2,5,8,11,13H2,1H3,(H,23,24). The number of halogens is 2. The van der Waals surface area contributed by atoms with Gasteiger partial charge in [0.2, 0.25) is 5.91 Å². The highest BCUT2D eigenvalue weighted by Crippen LogP contribution is 2.18. The zero-order valence-corrected chi connectivity index (χ0v) is 14.1. The summed E-state index contributed by atoms with van der Waals surface area (Å²) in [5.41, 5.74) is 1.79. The Morgan fingerprint density at radius 2 is 1.96 bits per heavy atom. The summed E-state index contributed by atoms with van der Waals surface area (Å²) in [5.74, 6) is -1.55. The first-order chi connectivity index (χ1) is 12.1. The minimum atomic E-state index is -0.748. The van der Waals surface area contributed by atoms with E-state index in [1.54, 1.807) is 0 Å². The van der Waals surface area contributed by atoms with E-state index in [0.717, 1.165) is 29.9 Å². The molecule has 0 aliphatic rings. The van der Waals surface area contributed by atoms with Gasteiger partial charge in [-0.15, -0.1) is 0 Å². The number of anilines is 1. The highest BCUT2D eigenvalue weighted by molar-refractivity contribution is 5.91. The maximum atomic E-state index is 13.4. The molecule has 0 atom stereocenters. The Labute approximate surface area is 146 Å². The maximum Gasteiger partial charge on any atom is 0.224 e. The molecule has 0 bridgehead atoms. The minimum Gasteiger partial charge on any atom is -0.491 e. The molecule has 0 radical (unpaired) electrons. The Balaban J connectivity index is 1.77. The minimum absolute atomic E-state index is 0.0159. The molecule has 0 spiro atoms. The number of hydrogen-bond acceptors (Lipinski definition) is 3. The van der Waals surface area contributed by atoms with Crippen LogP contribution in [0.1, 0.15) is 25.3 Å². The zero-order chi connectivity index (χ0) is 18.1. The molecule has 4 nitrogen and oxygen atoms in total. The van der Waals surface area contributed by atoms with Crippen LogP contribution >= 0.6 is 0 Å². The molecule has 0 saturated heterocycles. The summed E-state index contributed by atoms with van der Waals surface area (Å²) in [7, 11) is 0. The lowest BCUT2D eigenvalue weighted by Gasteiger charge is -2.11. The van der Waals surface area contributed by atoms with E-state index in [-0.39, 0.29) is 24.7 Å². The van der Waals surface area contributed by atoms with Crippen LogP contribution in [0.5, 0.6) is 5.75 Å². The van der Waals surface area contributed by atoms with E-state index in [1.165, 1.54) is 6.07 Å². The molecule has 0 aliphatic carbocycles. The van der Waals surface area contributed by atoms with Crippen molar-refractivity contribution in [3.8, 4) is 5.75 Å². The number of carbonyl (C=O) groups excluding carboxylic acids is 1. The summed E-state index contributed by atoms with van der Waals surface area (Å²) in [6.45, 7) is 3.72. The van der Waals surface area contributed by atoms with Crippen molar-refractivity contribution in [2.45, 2.75) is 26.3 Å². The van der Waals surface area contributed by atoms with E-state index in [0.29, 0.717) is 13.0 Å². The molecule has 6 heteroatoms. The Hall–Kier alpha value is -2.47. The Bertz CT molecular complexity index is 708. The third-order valence-corrected chi connectivity index (χ3v) is 3.56. The van der Waals surface area contributed by atoms with Crippen LogP contribution in [0.15, 0.2) is 42.5 Å². The van der Waals surface area contributed by atoms with Gasteiger partial charge < -0.3 is 15.4 Å². The first-order valence-corrected chi connectivity index (χ1v) is 8.26. The number of hydrogen-bond donors (Lipinski definition) is 2. The van der Waals surface area contributed by atoms with Crippen molar-refractivity contribution in [2.24, 2.45) is 0 Å². The number of para-hydroxylation sites is 1. The SMILES string of the molecule is CCNCc1ccccc1NC(=O)CCCOc1ccc(F)cc1F. The third kappa shape index (κ3) is 6.15. The van der Waals surface area contributed by atoms with Gasteiger partial charge in [0.15, 0.2) is 11.6 Å². The van der Waals surface area contributed by atoms with Crippen LogP contribution in [-0.4, -0.2) is 19.1 Å². The van der Waals surface area contributed by atoms with Crippen molar-refractivity contribution in [1.29, 1.82) is 0 Å². The van der Waals surface area contributed by atoms with Gasteiger partial charge in [0.05, 0.1) is 6.61 Å². The van der Waals surface area contributed by atoms with Gasteiger partial charge in [-0.25, -0.2) is 8.78 Å². The smallest absolute Gasteiger partial charge is 0.224 e. The van der Waals surface area contributed by atoms with Crippen molar-refractivity contribution in [3.63, 3.8) is 0 Å². The summed E-state index contributed by atoms with van der Waals surface area (Å²) in [6, 6.07) is 10.7. The maximum absolute atomic E-state index is 13.4. The molecule has 0 unspecified atom stereocenters. The van der Waals surface area contributed by atoms with E-state index in [9.17, 15) is 13.6 Å². The van der Waals surface area contributed by atoms with Crippen molar-refractivity contribution in [2.75, 3.05) is 18.5 Å². The van der Waals surface area contributed by atoms with Gasteiger partial charge in [-0.3, -0.25) is 4.79 Å². The second-order valence-electron chi connectivity index (χ2n) is 5.51. The summed E-state index contributed by atoms with van der Waals surface area (Å²) in [4.78, 5) is 12.1. The van der Waals surface area contributed by atoms with Crippen molar-refractivity contribution < 1.29 is 18.3 Å². The van der Waals surface area contributed by atoms with Gasteiger partial charge in [-0.05, 0) is 36.7 Å². The van der Waals surface area contributed by atoms with E-state index in [4.69, 9.17) is 4.74 Å². The second kappa shape index (κ2) is 9.74. The van der Waals surface area contributed by atoms with Crippen LogP contribution in [0.2, 0.25) is 0 Å². The van der Waals surface area contributed by atoms with E-state index >= 15 is 0 Å². The molecule has 2 rings (SSSR count). The predicted octanol–water partition coefficient (Wildman–Crippen LogP) is 3.87. The molecule has 0 heterocycles. The Morgan fingerprint density at radius 1 is 1.16 bits per heavy atom. The summed E-state index contributed by atoms with van der Waals surface area (Å²) in [5, 5.41) is 6.10. The first kappa shape index (κ1) is 18.9. The van der Waals surface area contributed by atoms with Crippen LogP contribution in [0.25, 0.3) is 0 Å². The van der Waals surface area contributed by atoms with Gasteiger partial charge >= 0.3 is 0 Å². The molecule has 1 amide bonds. The fourth-order valence-electron chi connectivity index (χ4n) is 2.28. The number of amides is 1. The van der Waals surface area contributed by atoms with Crippen LogP contribution < -0.4 is 15.4 Å². The average molecular weight is 348 g/mol. The lowest BCUT2D eigenvalue weighted by molar-refractivity contribution is -0.116. The Morgan fingerprint density at radius 3 is 2.72 bits per heavy atom. The van der Waals surface area contributed by atoms with E-state index in [1.807, 2.05) is 31.2 Å². The molecule has 2 N–H and O–H groups in total. The van der Waals surface area contributed by atoms with Crippen LogP contribution in [0.3, 0.4) is 0 Å². The largest absolute Gasteiger partial charge is 0.491 e. The lowest BCUT2D eigenvalue weighted by atomic mass is 10.1. The molecule has 0 aliphatic heterocycles. The topological polar surface area (TPSA) is 50.4 Å². The molecule has 0 aromatic heterocycles. The molecule has 25 heavy (non-hydrogen) atoms. The molecule has 2 aromatic rings. The zero-order valence-electron chi connectivity index (χ0n) is 14.1. The number of benzene rings is 2. The number of ether oxygens (including phenoxy) is 1. The summed E-state index contributed by atoms with van der Waals surface area (Å²) in [6.07, 6.45) is 0.677. The summed E-state index contributed by atoms with van der Waals surface area (Å²) < 4.78 is 31.5. The van der Waals surface area contributed by atoms with Crippen LogP contribution in [0, 0.1) is 11.6 Å². The van der Waals surface area contributed by atoms with Gasteiger partial charge in [0.25, 0.3) is 0 Å². The average Bonchev–Trinajstić information content (AvgIpc) is 2.59. The lowest BCUT2D eigenvalue weighted by Crippen LogP contribution is -2.17. The van der Waals surface area contributed by atoms with Gasteiger partial charge in [-0.1, -0.05) is 25.1 Å². The normalized spacial score (nSPS) is 10.5. The van der Waals surface area contributed by atoms with Gasteiger partial charge in [0, 0.05) is 24.7 Å². The highest BCUT2D eigenvalue weighted by atomic mass is 19.1. The fraction of sp³-hybridized carbons (Fsp3) is 0.316. The fourth-order valence-corrected chi connectivity index (χ4v) is 2.28. The van der Waals surface area contributed by atoms with Gasteiger partial charge in [0.1, 0.15) is 5.82 Å². The summed E-state index contributed by atoms with van der Waals surface area (Å²) >= 11 is 0. The van der Waals surface area contributed by atoms with Crippen molar-refractivity contribution >= 4 is 11.6 Å². The molecule has 134 valence electrons. The number of nitrogens with one attached hydrogen (secondary N) is 2. The predicted molar refractivity (Wildman–Crippen MR) is 93.5 cm³/mol. The first-order valence-electron chi connectivity index (χ1n) is 8.26. The highest BCUT2D eigenvalue weighted by Gasteiger charge is 2.08. The van der Waals surface area contributed by atoms with Crippen molar-refractivity contribution in [3.05, 3.63) is 59.7 Å². The van der Waals surface area contributed by atoms with Crippen LogP contribution in [0.4, 0.5) is 14.5 Å². The molecule has 0 saturated carbocycles. The molecular formula is C19H22F2N2O2. The second-order valence-corrected chi connectivity index (χ2v) is 5.51. The quantitative estimate of drug-likeness (QED) is 0.677. The van der Waals surface area contributed by atoms with Crippen molar-refractivity contribution in [1.82, 2.24) is 5.32 Å². The Kier molecular flexibility index (Phi) is 7.35.